The monoisotopic (exact) mass is 383 g/mol. The molecule has 0 saturated carbocycles. The Hall–Kier alpha value is -2.51. The Labute approximate surface area is 157 Å². The summed E-state index contributed by atoms with van der Waals surface area (Å²) in [5.41, 5.74) is -0.279. The second kappa shape index (κ2) is 9.43. The predicted molar refractivity (Wildman–Crippen MR) is 97.7 cm³/mol. The highest BCUT2D eigenvalue weighted by Crippen LogP contribution is 2.36. The molecule has 148 valence electrons. The molecule has 0 radical (unpaired) electrons. The number of aromatic nitrogens is 2. The maximum atomic E-state index is 13.2. The number of hydrogen-bond donors (Lipinski definition) is 0. The molecular weight excluding hydrogens is 359 g/mol. The maximum Gasteiger partial charge on any atom is 0.423 e. The lowest BCUT2D eigenvalue weighted by Gasteiger charge is -2.20. The number of halogens is 3. The number of alkyl halides is 3. The van der Waals surface area contributed by atoms with Crippen molar-refractivity contribution in [3.05, 3.63) is 36.0 Å². The van der Waals surface area contributed by atoms with Crippen LogP contribution in [0.3, 0.4) is 0 Å². The van der Waals surface area contributed by atoms with Crippen LogP contribution in [-0.4, -0.2) is 30.2 Å². The van der Waals surface area contributed by atoms with Crippen molar-refractivity contribution < 1.29 is 22.6 Å². The second-order valence-electron chi connectivity index (χ2n) is 5.99. The third kappa shape index (κ3) is 5.74. The molecule has 27 heavy (non-hydrogen) atoms. The van der Waals surface area contributed by atoms with Crippen LogP contribution in [0.1, 0.15) is 38.7 Å². The van der Waals surface area contributed by atoms with Crippen LogP contribution >= 0.6 is 0 Å². The number of nitrogens with zero attached hydrogens (tertiary/aromatic N) is 3. The highest BCUT2D eigenvalue weighted by Gasteiger charge is 2.36. The van der Waals surface area contributed by atoms with Gasteiger partial charge >= 0.3 is 6.18 Å². The molecule has 0 aliphatic carbocycles. The van der Waals surface area contributed by atoms with E-state index in [1.165, 1.54) is 0 Å². The Bertz CT molecular complexity index is 738. The van der Waals surface area contributed by atoms with Crippen LogP contribution in [-0.2, 0) is 6.18 Å². The topological polar surface area (TPSA) is 47.5 Å². The minimum absolute atomic E-state index is 0.113. The van der Waals surface area contributed by atoms with E-state index < -0.39 is 17.6 Å². The fraction of sp³-hybridized carbons (Fsp3) is 0.474. The SMILES string of the molecule is CCCCOc1nc(N(C)c2cccc(OCCC)c2)ncc1C(F)(F)F. The molecule has 0 saturated heterocycles. The van der Waals surface area contributed by atoms with Crippen LogP contribution in [0.4, 0.5) is 24.8 Å². The van der Waals surface area contributed by atoms with Crippen molar-refractivity contribution in [2.24, 2.45) is 0 Å². The molecule has 0 N–H and O–H groups in total. The van der Waals surface area contributed by atoms with E-state index in [0.717, 1.165) is 19.0 Å². The predicted octanol–water partition coefficient (Wildman–Crippen LogP) is 5.23. The summed E-state index contributed by atoms with van der Waals surface area (Å²) in [7, 11) is 1.68. The molecule has 0 fully saturated rings. The number of anilines is 2. The van der Waals surface area contributed by atoms with E-state index >= 15 is 0 Å². The van der Waals surface area contributed by atoms with Crippen molar-refractivity contribution in [2.75, 3.05) is 25.2 Å². The normalized spacial score (nSPS) is 11.3. The molecule has 0 bridgehead atoms. The van der Waals surface area contributed by atoms with Crippen molar-refractivity contribution >= 4 is 11.6 Å². The van der Waals surface area contributed by atoms with E-state index in [4.69, 9.17) is 9.47 Å². The van der Waals surface area contributed by atoms with Crippen molar-refractivity contribution in [2.45, 2.75) is 39.3 Å². The summed E-state index contributed by atoms with van der Waals surface area (Å²) in [6, 6.07) is 7.21. The van der Waals surface area contributed by atoms with E-state index in [0.29, 0.717) is 24.5 Å². The Morgan fingerprint density at radius 3 is 2.52 bits per heavy atom. The van der Waals surface area contributed by atoms with Gasteiger partial charge in [0.15, 0.2) is 0 Å². The van der Waals surface area contributed by atoms with Crippen molar-refractivity contribution in [3.63, 3.8) is 0 Å². The van der Waals surface area contributed by atoms with E-state index in [1.807, 2.05) is 19.9 Å². The molecule has 2 aromatic rings. The van der Waals surface area contributed by atoms with Crippen LogP contribution in [0.25, 0.3) is 0 Å². The van der Waals surface area contributed by atoms with Gasteiger partial charge in [-0.25, -0.2) is 4.98 Å². The van der Waals surface area contributed by atoms with Crippen LogP contribution < -0.4 is 14.4 Å². The lowest BCUT2D eigenvalue weighted by molar-refractivity contribution is -0.139. The standard InChI is InChI=1S/C19H24F3N3O2/c1-4-6-11-27-17-16(19(20,21)22)13-23-18(24-17)25(3)14-8-7-9-15(12-14)26-10-5-2/h7-9,12-13H,4-6,10-11H2,1-3H3. The summed E-state index contributed by atoms with van der Waals surface area (Å²) in [6.07, 6.45) is -1.49. The fourth-order valence-electron chi connectivity index (χ4n) is 2.25. The molecule has 8 heteroatoms. The molecule has 0 atom stereocenters. The van der Waals surface area contributed by atoms with E-state index in [9.17, 15) is 13.2 Å². The minimum atomic E-state index is -4.58. The third-order valence-electron chi connectivity index (χ3n) is 3.76. The van der Waals surface area contributed by atoms with Crippen LogP contribution in [0.5, 0.6) is 11.6 Å². The lowest BCUT2D eigenvalue weighted by atomic mass is 10.3. The number of rotatable bonds is 9. The number of benzene rings is 1. The van der Waals surface area contributed by atoms with Crippen molar-refractivity contribution in [1.82, 2.24) is 9.97 Å². The van der Waals surface area contributed by atoms with E-state index in [2.05, 4.69) is 9.97 Å². The van der Waals surface area contributed by atoms with Crippen LogP contribution in [0, 0.1) is 0 Å². The molecule has 1 aromatic heterocycles. The molecule has 2 rings (SSSR count). The average Bonchev–Trinajstić information content (AvgIpc) is 2.65. The van der Waals surface area contributed by atoms with Gasteiger partial charge in [0.05, 0.1) is 13.2 Å². The Balaban J connectivity index is 2.30. The number of unbranched alkanes of at least 4 members (excludes halogenated alkanes) is 1. The summed E-state index contributed by atoms with van der Waals surface area (Å²) < 4.78 is 50.5. The quantitative estimate of drug-likeness (QED) is 0.555. The Kier molecular flexibility index (Phi) is 7.27. The summed E-state index contributed by atoms with van der Waals surface area (Å²) in [5, 5.41) is 0. The molecular formula is C19H24F3N3O2. The maximum absolute atomic E-state index is 13.2. The van der Waals surface area contributed by atoms with Gasteiger partial charge in [0, 0.05) is 25.0 Å². The number of hydrogen-bond acceptors (Lipinski definition) is 5. The summed E-state index contributed by atoms with van der Waals surface area (Å²) in [4.78, 5) is 9.48. The van der Waals surface area contributed by atoms with Gasteiger partial charge in [-0.3, -0.25) is 0 Å². The molecule has 0 spiro atoms. The molecule has 0 aliphatic rings. The van der Waals surface area contributed by atoms with E-state index in [1.54, 1.807) is 30.1 Å². The molecule has 0 unspecified atom stereocenters. The lowest BCUT2D eigenvalue weighted by Crippen LogP contribution is -2.17. The smallest absolute Gasteiger partial charge is 0.423 e. The highest BCUT2D eigenvalue weighted by atomic mass is 19.4. The largest absolute Gasteiger partial charge is 0.494 e. The van der Waals surface area contributed by atoms with Gasteiger partial charge in [-0.05, 0) is 25.0 Å². The molecule has 5 nitrogen and oxygen atoms in total. The second-order valence-corrected chi connectivity index (χ2v) is 5.99. The zero-order valence-electron chi connectivity index (χ0n) is 15.7. The van der Waals surface area contributed by atoms with Gasteiger partial charge in [0.2, 0.25) is 11.8 Å². The average molecular weight is 383 g/mol. The third-order valence-corrected chi connectivity index (χ3v) is 3.76. The Morgan fingerprint density at radius 2 is 1.85 bits per heavy atom. The molecule has 0 amide bonds. The van der Waals surface area contributed by atoms with Crippen molar-refractivity contribution in [1.29, 1.82) is 0 Å². The van der Waals surface area contributed by atoms with Crippen LogP contribution in [0.15, 0.2) is 30.5 Å². The fourth-order valence-corrected chi connectivity index (χ4v) is 2.25. The first-order chi connectivity index (χ1) is 12.9. The van der Waals surface area contributed by atoms with Crippen molar-refractivity contribution in [3.8, 4) is 11.6 Å². The first-order valence-corrected chi connectivity index (χ1v) is 8.90. The van der Waals surface area contributed by atoms with Gasteiger partial charge in [-0.2, -0.15) is 18.2 Å². The summed E-state index contributed by atoms with van der Waals surface area (Å²) in [6.45, 7) is 4.69. The summed E-state index contributed by atoms with van der Waals surface area (Å²) in [5.74, 6) is 0.334. The zero-order valence-corrected chi connectivity index (χ0v) is 15.7. The van der Waals surface area contributed by atoms with Crippen LogP contribution in [0.2, 0.25) is 0 Å². The molecule has 1 aromatic carbocycles. The minimum Gasteiger partial charge on any atom is -0.494 e. The summed E-state index contributed by atoms with van der Waals surface area (Å²) >= 11 is 0. The number of ether oxygens (including phenoxy) is 2. The highest BCUT2D eigenvalue weighted by molar-refractivity contribution is 5.59. The van der Waals surface area contributed by atoms with Gasteiger partial charge in [0.1, 0.15) is 11.3 Å². The van der Waals surface area contributed by atoms with Gasteiger partial charge in [-0.15, -0.1) is 0 Å². The Morgan fingerprint density at radius 1 is 1.07 bits per heavy atom. The van der Waals surface area contributed by atoms with Gasteiger partial charge in [-0.1, -0.05) is 26.3 Å². The van der Waals surface area contributed by atoms with Gasteiger partial charge < -0.3 is 14.4 Å². The molecule has 0 aliphatic heterocycles. The molecule has 1 heterocycles. The zero-order chi connectivity index (χ0) is 19.9. The first-order valence-electron chi connectivity index (χ1n) is 8.90. The first kappa shape index (κ1) is 20.8. The van der Waals surface area contributed by atoms with E-state index in [-0.39, 0.29) is 12.6 Å². The van der Waals surface area contributed by atoms with Gasteiger partial charge in [0.25, 0.3) is 0 Å².